The molecular formula is C20H32N2O3. The second kappa shape index (κ2) is 8.56. The number of carbonyl (C=O) groups excluding carboxylic acids is 1. The van der Waals surface area contributed by atoms with Gasteiger partial charge in [0.2, 0.25) is 0 Å². The van der Waals surface area contributed by atoms with Crippen LogP contribution in [0.5, 0.6) is 5.75 Å². The molecule has 2 rings (SSSR count). The van der Waals surface area contributed by atoms with Gasteiger partial charge in [-0.2, -0.15) is 0 Å². The third-order valence-electron chi connectivity index (χ3n) is 4.27. The predicted octanol–water partition coefficient (Wildman–Crippen LogP) is 4.06. The first kappa shape index (κ1) is 19.6. The number of carbonyl (C=O) groups is 1. The van der Waals surface area contributed by atoms with Crippen molar-refractivity contribution in [3.8, 4) is 5.75 Å². The zero-order valence-corrected chi connectivity index (χ0v) is 16.2. The fourth-order valence-electron chi connectivity index (χ4n) is 3.00. The van der Waals surface area contributed by atoms with Crippen LogP contribution >= 0.6 is 0 Å². The SMILES string of the molecule is Cc1cccc2c1OCCCC2NCCCN(C)C(=O)OC(C)(C)C. The van der Waals surface area contributed by atoms with Crippen LogP contribution in [0.3, 0.4) is 0 Å². The number of para-hydroxylation sites is 1. The van der Waals surface area contributed by atoms with Crippen molar-refractivity contribution in [3.05, 3.63) is 29.3 Å². The normalized spacial score (nSPS) is 17.2. The Morgan fingerprint density at radius 2 is 2.16 bits per heavy atom. The van der Waals surface area contributed by atoms with Crippen molar-refractivity contribution in [2.45, 2.75) is 58.6 Å². The molecule has 1 amide bonds. The molecule has 0 saturated heterocycles. The van der Waals surface area contributed by atoms with Gasteiger partial charge in [-0.3, -0.25) is 0 Å². The topological polar surface area (TPSA) is 50.8 Å². The number of nitrogens with zero attached hydrogens (tertiary/aromatic N) is 1. The second-order valence-electron chi connectivity index (χ2n) is 7.75. The summed E-state index contributed by atoms with van der Waals surface area (Å²) < 4.78 is 11.3. The molecule has 1 unspecified atom stereocenters. The Kier molecular flexibility index (Phi) is 6.71. The molecule has 0 spiro atoms. The number of ether oxygens (including phenoxy) is 2. The highest BCUT2D eigenvalue weighted by Gasteiger charge is 2.21. The molecule has 1 aliphatic heterocycles. The molecule has 140 valence electrons. The molecule has 25 heavy (non-hydrogen) atoms. The van der Waals surface area contributed by atoms with E-state index < -0.39 is 5.60 Å². The van der Waals surface area contributed by atoms with Crippen LogP contribution in [0.15, 0.2) is 18.2 Å². The van der Waals surface area contributed by atoms with Crippen LogP contribution in [0.25, 0.3) is 0 Å². The summed E-state index contributed by atoms with van der Waals surface area (Å²) >= 11 is 0. The van der Waals surface area contributed by atoms with E-state index in [9.17, 15) is 4.79 Å². The number of rotatable bonds is 5. The van der Waals surface area contributed by atoms with Gasteiger partial charge in [-0.05, 0) is 59.1 Å². The Hall–Kier alpha value is -1.75. The molecule has 1 N–H and O–H groups in total. The van der Waals surface area contributed by atoms with Crippen molar-refractivity contribution < 1.29 is 14.3 Å². The zero-order valence-electron chi connectivity index (χ0n) is 16.2. The van der Waals surface area contributed by atoms with Crippen LogP contribution < -0.4 is 10.1 Å². The molecule has 1 heterocycles. The highest BCUT2D eigenvalue weighted by molar-refractivity contribution is 5.67. The van der Waals surface area contributed by atoms with Crippen LogP contribution in [-0.4, -0.2) is 43.3 Å². The molecule has 1 aromatic carbocycles. The summed E-state index contributed by atoms with van der Waals surface area (Å²) in [7, 11) is 1.78. The lowest BCUT2D eigenvalue weighted by molar-refractivity contribution is 0.0297. The average Bonchev–Trinajstić information content (AvgIpc) is 2.73. The van der Waals surface area contributed by atoms with Gasteiger partial charge in [-0.15, -0.1) is 0 Å². The van der Waals surface area contributed by atoms with Gasteiger partial charge in [-0.25, -0.2) is 4.79 Å². The van der Waals surface area contributed by atoms with Crippen LogP contribution in [0.4, 0.5) is 4.79 Å². The summed E-state index contributed by atoms with van der Waals surface area (Å²) in [4.78, 5) is 13.6. The van der Waals surface area contributed by atoms with Crippen LogP contribution in [-0.2, 0) is 4.74 Å². The fraction of sp³-hybridized carbons (Fsp3) is 0.650. The second-order valence-corrected chi connectivity index (χ2v) is 7.75. The van der Waals surface area contributed by atoms with Gasteiger partial charge in [-0.1, -0.05) is 18.2 Å². The number of amides is 1. The largest absolute Gasteiger partial charge is 0.493 e. The summed E-state index contributed by atoms with van der Waals surface area (Å²) in [5, 5.41) is 3.63. The maximum absolute atomic E-state index is 12.0. The van der Waals surface area contributed by atoms with E-state index in [2.05, 4.69) is 30.4 Å². The van der Waals surface area contributed by atoms with Gasteiger partial charge in [0.05, 0.1) is 6.61 Å². The van der Waals surface area contributed by atoms with Crippen LogP contribution in [0.1, 0.15) is 57.2 Å². The molecule has 0 saturated carbocycles. The smallest absolute Gasteiger partial charge is 0.410 e. The summed E-state index contributed by atoms with van der Waals surface area (Å²) in [5.41, 5.74) is 1.99. The molecule has 0 aromatic heterocycles. The minimum absolute atomic E-state index is 0.267. The molecule has 0 fully saturated rings. The molecule has 1 aromatic rings. The maximum Gasteiger partial charge on any atom is 0.410 e. The van der Waals surface area contributed by atoms with Crippen molar-refractivity contribution in [2.75, 3.05) is 26.7 Å². The number of fused-ring (bicyclic) bond motifs is 1. The number of benzene rings is 1. The molecular weight excluding hydrogens is 316 g/mol. The minimum atomic E-state index is -0.453. The molecule has 0 radical (unpaired) electrons. The maximum atomic E-state index is 12.0. The molecule has 0 bridgehead atoms. The Morgan fingerprint density at radius 1 is 1.40 bits per heavy atom. The van der Waals surface area contributed by atoms with Crippen molar-refractivity contribution in [3.63, 3.8) is 0 Å². The predicted molar refractivity (Wildman–Crippen MR) is 100 cm³/mol. The van der Waals surface area contributed by atoms with Gasteiger partial charge in [0.25, 0.3) is 0 Å². The van der Waals surface area contributed by atoms with Crippen molar-refractivity contribution >= 4 is 6.09 Å². The van der Waals surface area contributed by atoms with E-state index in [1.165, 1.54) is 11.1 Å². The standard InChI is InChI=1S/C20H32N2O3/c1-15-9-6-10-16-17(11-7-14-24-18(15)16)21-12-8-13-22(5)19(23)25-20(2,3)4/h6,9-10,17,21H,7-8,11-14H2,1-5H3. The lowest BCUT2D eigenvalue weighted by atomic mass is 10.00. The lowest BCUT2D eigenvalue weighted by Gasteiger charge is -2.25. The number of aryl methyl sites for hydroxylation is 1. The van der Waals surface area contributed by atoms with Gasteiger partial charge in [0, 0.05) is 25.2 Å². The van der Waals surface area contributed by atoms with E-state index in [0.717, 1.165) is 38.2 Å². The Balaban J connectivity index is 1.82. The van der Waals surface area contributed by atoms with Gasteiger partial charge >= 0.3 is 6.09 Å². The third-order valence-corrected chi connectivity index (χ3v) is 4.27. The Labute approximate surface area is 151 Å². The van der Waals surface area contributed by atoms with Gasteiger partial charge < -0.3 is 19.7 Å². The monoisotopic (exact) mass is 348 g/mol. The van der Waals surface area contributed by atoms with Gasteiger partial charge in [0.1, 0.15) is 11.4 Å². The number of hydrogen-bond donors (Lipinski definition) is 1. The average molecular weight is 348 g/mol. The van der Waals surface area contributed by atoms with E-state index in [-0.39, 0.29) is 6.09 Å². The van der Waals surface area contributed by atoms with E-state index >= 15 is 0 Å². The molecule has 1 atom stereocenters. The van der Waals surface area contributed by atoms with E-state index in [1.807, 2.05) is 20.8 Å². The number of nitrogens with one attached hydrogen (secondary N) is 1. The van der Waals surface area contributed by atoms with Crippen LogP contribution in [0.2, 0.25) is 0 Å². The van der Waals surface area contributed by atoms with Crippen molar-refractivity contribution in [1.29, 1.82) is 0 Å². The fourth-order valence-corrected chi connectivity index (χ4v) is 3.00. The number of hydrogen-bond acceptors (Lipinski definition) is 4. The van der Waals surface area contributed by atoms with Crippen molar-refractivity contribution in [2.24, 2.45) is 0 Å². The summed E-state index contributed by atoms with van der Waals surface area (Å²) in [5.74, 6) is 1.03. The summed E-state index contributed by atoms with van der Waals surface area (Å²) in [6.45, 7) is 10.0. The van der Waals surface area contributed by atoms with E-state index in [4.69, 9.17) is 9.47 Å². The van der Waals surface area contributed by atoms with E-state index in [0.29, 0.717) is 12.6 Å². The first-order valence-corrected chi connectivity index (χ1v) is 9.18. The Bertz CT molecular complexity index is 581. The first-order chi connectivity index (χ1) is 11.8. The molecule has 5 nitrogen and oxygen atoms in total. The molecule has 0 aliphatic carbocycles. The summed E-state index contributed by atoms with van der Waals surface area (Å²) in [6.07, 6.45) is 2.73. The highest BCUT2D eigenvalue weighted by atomic mass is 16.6. The summed E-state index contributed by atoms with van der Waals surface area (Å²) in [6, 6.07) is 6.65. The third kappa shape index (κ3) is 5.92. The van der Waals surface area contributed by atoms with Crippen molar-refractivity contribution in [1.82, 2.24) is 10.2 Å². The Morgan fingerprint density at radius 3 is 2.88 bits per heavy atom. The molecule has 1 aliphatic rings. The zero-order chi connectivity index (χ0) is 18.4. The molecule has 5 heteroatoms. The van der Waals surface area contributed by atoms with E-state index in [1.54, 1.807) is 11.9 Å². The quantitative estimate of drug-likeness (QED) is 0.816. The minimum Gasteiger partial charge on any atom is -0.493 e. The lowest BCUT2D eigenvalue weighted by Crippen LogP contribution is -2.35. The highest BCUT2D eigenvalue weighted by Crippen LogP contribution is 2.33. The first-order valence-electron chi connectivity index (χ1n) is 9.18. The van der Waals surface area contributed by atoms with Gasteiger partial charge in [0.15, 0.2) is 0 Å². The van der Waals surface area contributed by atoms with Crippen LogP contribution in [0, 0.1) is 6.92 Å².